The Balaban J connectivity index is 1.66. The van der Waals surface area contributed by atoms with Gasteiger partial charge in [-0.15, -0.1) is 0 Å². The average molecular weight is 348 g/mol. The maximum atomic E-state index is 12.6. The molecule has 4 aromatic rings. The number of anilines is 1. The van der Waals surface area contributed by atoms with Gasteiger partial charge < -0.3 is 14.5 Å². The lowest BCUT2D eigenvalue weighted by molar-refractivity contribution is 0.102. The summed E-state index contributed by atoms with van der Waals surface area (Å²) in [7, 11) is 1.58. The number of carbonyl (C=O) groups is 1. The molecule has 0 spiro atoms. The minimum absolute atomic E-state index is 0.301. The second-order valence-electron chi connectivity index (χ2n) is 5.75. The van der Waals surface area contributed by atoms with Gasteiger partial charge in [0.25, 0.3) is 5.91 Å². The van der Waals surface area contributed by atoms with Crippen LogP contribution in [0.3, 0.4) is 0 Å². The smallest absolute Gasteiger partial charge is 0.274 e. The van der Waals surface area contributed by atoms with Crippen molar-refractivity contribution in [2.75, 3.05) is 12.4 Å². The largest absolute Gasteiger partial charge is 0.497 e. The third-order valence-corrected chi connectivity index (χ3v) is 3.94. The van der Waals surface area contributed by atoms with Gasteiger partial charge in [-0.1, -0.05) is 6.07 Å². The summed E-state index contributed by atoms with van der Waals surface area (Å²) in [5.74, 6) is 1.02. The van der Waals surface area contributed by atoms with E-state index in [0.717, 1.165) is 5.69 Å². The number of ether oxygens (including phenoxy) is 1. The molecule has 0 saturated heterocycles. The Kier molecular flexibility index (Phi) is 3.89. The summed E-state index contributed by atoms with van der Waals surface area (Å²) in [5, 5.41) is 7.30. The lowest BCUT2D eigenvalue weighted by atomic mass is 10.2. The minimum Gasteiger partial charge on any atom is -0.497 e. The van der Waals surface area contributed by atoms with Gasteiger partial charge >= 0.3 is 0 Å². The number of methoxy groups -OCH3 is 1. The monoisotopic (exact) mass is 348 g/mol. The highest BCUT2D eigenvalue weighted by atomic mass is 16.5. The Morgan fingerprint density at radius 2 is 2.08 bits per heavy atom. The Hall–Kier alpha value is -3.61. The number of furan rings is 1. The maximum absolute atomic E-state index is 12.6. The lowest BCUT2D eigenvalue weighted by Crippen LogP contribution is -2.15. The summed E-state index contributed by atoms with van der Waals surface area (Å²) < 4.78 is 12.2. The molecule has 0 aliphatic carbocycles. The molecular formula is C19H16N4O3. The molecule has 0 aliphatic rings. The average Bonchev–Trinajstić information content (AvgIpc) is 3.31. The van der Waals surface area contributed by atoms with Gasteiger partial charge in [-0.2, -0.15) is 5.10 Å². The molecule has 0 radical (unpaired) electrons. The normalized spacial score (nSPS) is 10.8. The minimum atomic E-state index is -0.301. The van der Waals surface area contributed by atoms with Crippen molar-refractivity contribution < 1.29 is 13.9 Å². The van der Waals surface area contributed by atoms with E-state index < -0.39 is 0 Å². The standard InChI is InChI=1S/C19H16N4O3/c1-12-9-16(19(24)20-13-5-3-6-14(10-13)25-2)21-18-11-15(22-23(12)18)17-7-4-8-26-17/h3-11H,1-2H3,(H,20,24). The van der Waals surface area contributed by atoms with E-state index in [4.69, 9.17) is 9.15 Å². The first-order valence-corrected chi connectivity index (χ1v) is 8.01. The first kappa shape index (κ1) is 15.9. The number of amides is 1. The van der Waals surface area contributed by atoms with Gasteiger partial charge in [-0.3, -0.25) is 4.79 Å². The maximum Gasteiger partial charge on any atom is 0.274 e. The van der Waals surface area contributed by atoms with Crippen molar-refractivity contribution in [3.05, 3.63) is 66.2 Å². The molecule has 1 aromatic carbocycles. The fourth-order valence-corrected chi connectivity index (χ4v) is 2.68. The lowest BCUT2D eigenvalue weighted by Gasteiger charge is -2.07. The molecule has 7 nitrogen and oxygen atoms in total. The summed E-state index contributed by atoms with van der Waals surface area (Å²) in [6.07, 6.45) is 1.59. The Morgan fingerprint density at radius 3 is 2.85 bits per heavy atom. The van der Waals surface area contributed by atoms with Crippen LogP contribution in [0.2, 0.25) is 0 Å². The summed E-state index contributed by atoms with van der Waals surface area (Å²) in [5.41, 5.74) is 2.98. The molecule has 0 fully saturated rings. The second kappa shape index (κ2) is 6.36. The molecule has 1 amide bonds. The number of aryl methyl sites for hydroxylation is 1. The molecule has 4 rings (SSSR count). The number of aromatic nitrogens is 3. The highest BCUT2D eigenvalue weighted by Gasteiger charge is 2.14. The number of nitrogens with zero attached hydrogens (tertiary/aromatic N) is 3. The molecule has 3 aromatic heterocycles. The van der Waals surface area contributed by atoms with Gasteiger partial charge in [0.15, 0.2) is 11.4 Å². The predicted octanol–water partition coefficient (Wildman–Crippen LogP) is 3.56. The van der Waals surface area contributed by atoms with Gasteiger partial charge in [0, 0.05) is 23.5 Å². The molecule has 3 heterocycles. The van der Waals surface area contributed by atoms with Gasteiger partial charge in [-0.25, -0.2) is 9.50 Å². The zero-order chi connectivity index (χ0) is 18.1. The summed E-state index contributed by atoms with van der Waals surface area (Å²) >= 11 is 0. The van der Waals surface area contributed by atoms with Crippen LogP contribution in [0.5, 0.6) is 5.75 Å². The zero-order valence-corrected chi connectivity index (χ0v) is 14.3. The third-order valence-electron chi connectivity index (χ3n) is 3.94. The van der Waals surface area contributed by atoms with Crippen LogP contribution in [0.15, 0.2) is 59.2 Å². The Morgan fingerprint density at radius 1 is 1.19 bits per heavy atom. The van der Waals surface area contributed by atoms with E-state index in [1.807, 2.05) is 25.1 Å². The van der Waals surface area contributed by atoms with Gasteiger partial charge in [0.2, 0.25) is 0 Å². The van der Waals surface area contributed by atoms with Crippen molar-refractivity contribution in [3.8, 4) is 17.2 Å². The van der Waals surface area contributed by atoms with E-state index in [9.17, 15) is 4.79 Å². The second-order valence-corrected chi connectivity index (χ2v) is 5.75. The first-order valence-electron chi connectivity index (χ1n) is 8.01. The third kappa shape index (κ3) is 2.90. The predicted molar refractivity (Wildman–Crippen MR) is 96.4 cm³/mol. The molecule has 0 unspecified atom stereocenters. The molecule has 0 atom stereocenters. The van der Waals surface area contributed by atoms with Crippen molar-refractivity contribution in [3.63, 3.8) is 0 Å². The van der Waals surface area contributed by atoms with Crippen molar-refractivity contribution in [2.24, 2.45) is 0 Å². The van der Waals surface area contributed by atoms with Crippen LogP contribution < -0.4 is 10.1 Å². The number of hydrogen-bond donors (Lipinski definition) is 1. The van der Waals surface area contributed by atoms with Crippen LogP contribution in [-0.2, 0) is 0 Å². The van der Waals surface area contributed by atoms with Crippen LogP contribution >= 0.6 is 0 Å². The van der Waals surface area contributed by atoms with E-state index in [1.165, 1.54) is 0 Å². The Labute approximate surface area is 149 Å². The van der Waals surface area contributed by atoms with Crippen LogP contribution in [0.25, 0.3) is 17.1 Å². The van der Waals surface area contributed by atoms with E-state index in [2.05, 4.69) is 15.4 Å². The molecule has 1 N–H and O–H groups in total. The zero-order valence-electron chi connectivity index (χ0n) is 14.3. The summed E-state index contributed by atoms with van der Waals surface area (Å²) in [6.45, 7) is 1.87. The van der Waals surface area contributed by atoms with Gasteiger partial charge in [0.1, 0.15) is 17.1 Å². The van der Waals surface area contributed by atoms with Crippen LogP contribution in [0.1, 0.15) is 16.2 Å². The van der Waals surface area contributed by atoms with E-state index >= 15 is 0 Å². The highest BCUT2D eigenvalue weighted by Crippen LogP contribution is 2.21. The highest BCUT2D eigenvalue weighted by molar-refractivity contribution is 6.03. The molecule has 0 saturated carbocycles. The van der Waals surface area contributed by atoms with Gasteiger partial charge in [0.05, 0.1) is 13.4 Å². The van der Waals surface area contributed by atoms with Crippen molar-refractivity contribution >= 4 is 17.2 Å². The number of carbonyl (C=O) groups excluding carboxylic acids is 1. The van der Waals surface area contributed by atoms with E-state index in [0.29, 0.717) is 34.2 Å². The van der Waals surface area contributed by atoms with Crippen LogP contribution in [0, 0.1) is 6.92 Å². The molecule has 130 valence electrons. The summed E-state index contributed by atoms with van der Waals surface area (Å²) in [6, 6.07) is 14.3. The van der Waals surface area contributed by atoms with E-state index in [-0.39, 0.29) is 5.91 Å². The number of nitrogens with one attached hydrogen (secondary N) is 1. The summed E-state index contributed by atoms with van der Waals surface area (Å²) in [4.78, 5) is 17.0. The number of hydrogen-bond acceptors (Lipinski definition) is 5. The SMILES string of the molecule is COc1cccc(NC(=O)c2cc(C)n3nc(-c4ccco4)cc3n2)c1. The Bertz CT molecular complexity index is 1080. The van der Waals surface area contributed by atoms with Crippen LogP contribution in [-0.4, -0.2) is 27.6 Å². The van der Waals surface area contributed by atoms with E-state index in [1.54, 1.807) is 48.2 Å². The topological polar surface area (TPSA) is 81.7 Å². The van der Waals surface area contributed by atoms with Gasteiger partial charge in [-0.05, 0) is 37.3 Å². The molecular weight excluding hydrogens is 332 g/mol. The quantitative estimate of drug-likeness (QED) is 0.610. The van der Waals surface area contributed by atoms with Crippen molar-refractivity contribution in [1.82, 2.24) is 14.6 Å². The fraction of sp³-hybridized carbons (Fsp3) is 0.105. The van der Waals surface area contributed by atoms with Crippen molar-refractivity contribution in [2.45, 2.75) is 6.92 Å². The number of benzene rings is 1. The molecule has 26 heavy (non-hydrogen) atoms. The molecule has 7 heteroatoms. The number of rotatable bonds is 4. The number of fused-ring (bicyclic) bond motifs is 1. The molecule has 0 aliphatic heterocycles. The van der Waals surface area contributed by atoms with Crippen molar-refractivity contribution in [1.29, 1.82) is 0 Å². The first-order chi connectivity index (χ1) is 12.6. The molecule has 0 bridgehead atoms. The van der Waals surface area contributed by atoms with Crippen LogP contribution in [0.4, 0.5) is 5.69 Å². The fourth-order valence-electron chi connectivity index (χ4n) is 2.68.